The summed E-state index contributed by atoms with van der Waals surface area (Å²) in [6, 6.07) is 2.98. The summed E-state index contributed by atoms with van der Waals surface area (Å²) >= 11 is 6.62. The minimum Gasteiger partial charge on any atom is -0.492 e. The Morgan fingerprint density at radius 3 is 2.76 bits per heavy atom. The van der Waals surface area contributed by atoms with Crippen LogP contribution >= 0.6 is 11.6 Å². The third-order valence-electron chi connectivity index (χ3n) is 5.95. The van der Waals surface area contributed by atoms with Gasteiger partial charge < -0.3 is 19.9 Å². The number of unbranched alkanes of at least 4 members (excludes halogenated alkanes) is 5. The summed E-state index contributed by atoms with van der Waals surface area (Å²) in [5.74, 6) is 0.214. The second-order valence-corrected chi connectivity index (χ2v) is 8.76. The lowest BCUT2D eigenvalue weighted by Gasteiger charge is -2.28. The van der Waals surface area contributed by atoms with Crippen molar-refractivity contribution < 1.29 is 14.3 Å². The van der Waals surface area contributed by atoms with Crippen molar-refractivity contribution in [3.8, 4) is 5.75 Å². The Balaban J connectivity index is 1.22. The van der Waals surface area contributed by atoms with Gasteiger partial charge in [-0.1, -0.05) is 37.3 Å². The summed E-state index contributed by atoms with van der Waals surface area (Å²) < 4.78 is 8.05. The third kappa shape index (κ3) is 5.65. The van der Waals surface area contributed by atoms with E-state index < -0.39 is 11.9 Å². The van der Waals surface area contributed by atoms with Crippen LogP contribution < -0.4 is 15.8 Å². The molecule has 2 aliphatic heterocycles. The van der Waals surface area contributed by atoms with Gasteiger partial charge in [0, 0.05) is 24.5 Å². The van der Waals surface area contributed by atoms with Crippen LogP contribution in [0.5, 0.6) is 5.75 Å². The van der Waals surface area contributed by atoms with Gasteiger partial charge in [0.25, 0.3) is 0 Å². The van der Waals surface area contributed by atoms with Gasteiger partial charge in [-0.3, -0.25) is 14.9 Å². The molecule has 0 spiro atoms. The van der Waals surface area contributed by atoms with Gasteiger partial charge in [0.15, 0.2) is 0 Å². The Labute approximate surface area is 198 Å². The van der Waals surface area contributed by atoms with Crippen molar-refractivity contribution in [3.05, 3.63) is 41.4 Å². The van der Waals surface area contributed by atoms with Crippen molar-refractivity contribution in [2.24, 2.45) is 10.7 Å². The number of aliphatic imine (C=N–C) groups is 1. The van der Waals surface area contributed by atoms with Gasteiger partial charge in [-0.25, -0.2) is 9.98 Å². The molecule has 2 aliphatic rings. The topological polar surface area (TPSA) is 115 Å². The molecule has 1 aromatic carbocycles. The summed E-state index contributed by atoms with van der Waals surface area (Å²) in [5, 5.41) is 3.20. The second-order valence-electron chi connectivity index (χ2n) is 8.38. The molecule has 2 aromatic rings. The fourth-order valence-electron chi connectivity index (χ4n) is 4.17. The molecule has 0 radical (unpaired) electrons. The smallest absolute Gasteiger partial charge is 0.250 e. The molecular weight excluding hydrogens is 444 g/mol. The predicted molar refractivity (Wildman–Crippen MR) is 125 cm³/mol. The first-order valence-corrected chi connectivity index (χ1v) is 11.7. The highest BCUT2D eigenvalue weighted by molar-refractivity contribution is 6.33. The molecule has 1 unspecified atom stereocenters. The number of imidazole rings is 1. The Hall–Kier alpha value is -3.07. The molecule has 4 rings (SSSR count). The van der Waals surface area contributed by atoms with E-state index in [1.165, 1.54) is 25.7 Å². The predicted octanol–water partition coefficient (Wildman–Crippen LogP) is 3.13. The first-order valence-electron chi connectivity index (χ1n) is 11.4. The van der Waals surface area contributed by atoms with E-state index in [4.69, 9.17) is 22.1 Å². The Bertz CT molecular complexity index is 1020. The minimum atomic E-state index is -0.671. The van der Waals surface area contributed by atoms with Gasteiger partial charge in [-0.15, -0.1) is 0 Å². The molecule has 10 heteroatoms. The Morgan fingerprint density at radius 1 is 1.21 bits per heavy atom. The maximum Gasteiger partial charge on any atom is 0.250 e. The van der Waals surface area contributed by atoms with Gasteiger partial charge in [0.1, 0.15) is 11.8 Å². The second kappa shape index (κ2) is 10.7. The van der Waals surface area contributed by atoms with E-state index in [2.05, 4.69) is 19.9 Å². The van der Waals surface area contributed by atoms with E-state index in [1.807, 2.05) is 30.9 Å². The number of nitrogens with zero attached hydrogens (tertiary/aromatic N) is 4. The molecule has 3 N–H and O–H groups in total. The summed E-state index contributed by atoms with van der Waals surface area (Å²) in [4.78, 5) is 33.9. The number of carbonyl (C=O) groups excluding carboxylic acids is 2. The van der Waals surface area contributed by atoms with Gasteiger partial charge in [-0.2, -0.15) is 0 Å². The van der Waals surface area contributed by atoms with E-state index in [0.29, 0.717) is 35.6 Å². The standard InChI is InChI=1S/C23H29ClN6O3/c24-21-16-14-30-18(13-20(25)31)22(32)28-23(30)27-17(16)7-8-19(21)33-12-6-4-2-1-3-5-10-29-11-9-26-15-29/h7-9,11,15,18H,1-6,10,12-14H2,(H2,25,31)(H,27,28,32). The summed E-state index contributed by atoms with van der Waals surface area (Å²) in [6.07, 6.45) is 12.4. The number of benzene rings is 1. The fourth-order valence-corrected chi connectivity index (χ4v) is 4.44. The van der Waals surface area contributed by atoms with E-state index in [-0.39, 0.29) is 12.3 Å². The number of ether oxygens (including phenoxy) is 1. The molecule has 0 saturated carbocycles. The lowest BCUT2D eigenvalue weighted by Crippen LogP contribution is -2.39. The zero-order valence-corrected chi connectivity index (χ0v) is 19.3. The van der Waals surface area contributed by atoms with E-state index in [0.717, 1.165) is 24.9 Å². The van der Waals surface area contributed by atoms with E-state index >= 15 is 0 Å². The molecule has 3 heterocycles. The van der Waals surface area contributed by atoms with Gasteiger partial charge in [-0.05, 0) is 25.0 Å². The molecule has 1 fully saturated rings. The van der Waals surface area contributed by atoms with Crippen LogP contribution in [0.1, 0.15) is 50.5 Å². The molecule has 0 aliphatic carbocycles. The van der Waals surface area contributed by atoms with Crippen molar-refractivity contribution in [2.45, 2.75) is 64.1 Å². The summed E-state index contributed by atoms with van der Waals surface area (Å²) in [7, 11) is 0. The molecule has 0 bridgehead atoms. The molecule has 176 valence electrons. The van der Waals surface area contributed by atoms with Crippen molar-refractivity contribution in [3.63, 3.8) is 0 Å². The Morgan fingerprint density at radius 2 is 2.00 bits per heavy atom. The van der Waals surface area contributed by atoms with Gasteiger partial charge >= 0.3 is 0 Å². The van der Waals surface area contributed by atoms with Crippen LogP contribution in [0, 0.1) is 0 Å². The number of hydrogen-bond donors (Lipinski definition) is 2. The number of primary amides is 1. The molecule has 1 saturated heterocycles. The molecule has 1 atom stereocenters. The number of halogens is 1. The van der Waals surface area contributed by atoms with Crippen LogP contribution in [0.4, 0.5) is 5.69 Å². The number of nitrogens with one attached hydrogen (secondary N) is 1. The first-order chi connectivity index (χ1) is 16.0. The first kappa shape index (κ1) is 23.1. The normalized spacial score (nSPS) is 16.8. The van der Waals surface area contributed by atoms with Crippen LogP contribution in [0.25, 0.3) is 0 Å². The number of amides is 2. The quantitative estimate of drug-likeness (QED) is 0.460. The third-order valence-corrected chi connectivity index (χ3v) is 6.36. The number of hydrogen-bond acceptors (Lipinski definition) is 6. The molecular formula is C23H29ClN6O3. The average Bonchev–Trinajstić information content (AvgIpc) is 3.40. The maximum atomic E-state index is 12.2. The van der Waals surface area contributed by atoms with Crippen molar-refractivity contribution in [1.82, 2.24) is 19.8 Å². The zero-order chi connectivity index (χ0) is 23.2. The highest BCUT2D eigenvalue weighted by Gasteiger charge is 2.40. The molecule has 2 amide bonds. The lowest BCUT2D eigenvalue weighted by atomic mass is 10.1. The largest absolute Gasteiger partial charge is 0.492 e. The number of rotatable bonds is 12. The van der Waals surface area contributed by atoms with Crippen LogP contribution in [-0.4, -0.2) is 44.9 Å². The van der Waals surface area contributed by atoms with Gasteiger partial charge in [0.2, 0.25) is 17.8 Å². The van der Waals surface area contributed by atoms with E-state index in [9.17, 15) is 9.59 Å². The average molecular weight is 473 g/mol. The molecule has 33 heavy (non-hydrogen) atoms. The van der Waals surface area contributed by atoms with Crippen molar-refractivity contribution >= 4 is 35.1 Å². The van der Waals surface area contributed by atoms with Crippen LogP contribution in [0.2, 0.25) is 5.02 Å². The van der Waals surface area contributed by atoms with Crippen molar-refractivity contribution in [1.29, 1.82) is 0 Å². The van der Waals surface area contributed by atoms with Gasteiger partial charge in [0.05, 0.1) is 36.6 Å². The minimum absolute atomic E-state index is 0.0719. The monoisotopic (exact) mass is 472 g/mol. The zero-order valence-electron chi connectivity index (χ0n) is 18.5. The van der Waals surface area contributed by atoms with E-state index in [1.54, 1.807) is 4.90 Å². The van der Waals surface area contributed by atoms with Crippen LogP contribution in [0.15, 0.2) is 35.8 Å². The van der Waals surface area contributed by atoms with Crippen molar-refractivity contribution in [2.75, 3.05) is 6.61 Å². The van der Waals surface area contributed by atoms with Crippen LogP contribution in [-0.2, 0) is 22.7 Å². The number of aryl methyl sites for hydroxylation is 1. The number of guanidine groups is 1. The van der Waals surface area contributed by atoms with Crippen LogP contribution in [0.3, 0.4) is 0 Å². The fraction of sp³-hybridized carbons (Fsp3) is 0.478. The molecule has 1 aromatic heterocycles. The number of carbonyl (C=O) groups is 2. The number of aromatic nitrogens is 2. The molecule has 9 nitrogen and oxygen atoms in total. The highest BCUT2D eigenvalue weighted by atomic mass is 35.5. The number of nitrogens with two attached hydrogens (primary N) is 1. The SMILES string of the molecule is NC(=O)CC1C(=O)NC2=Nc3ccc(OCCCCCCCCn4ccnc4)c(Cl)c3CN21. The highest BCUT2D eigenvalue weighted by Crippen LogP contribution is 2.39. The number of fused-ring (bicyclic) bond motifs is 2. The summed E-state index contributed by atoms with van der Waals surface area (Å²) in [6.45, 7) is 1.98. The Kier molecular flexibility index (Phi) is 7.49. The summed E-state index contributed by atoms with van der Waals surface area (Å²) in [5.41, 5.74) is 6.77. The lowest BCUT2D eigenvalue weighted by molar-refractivity contribution is -0.126. The maximum absolute atomic E-state index is 12.2.